The van der Waals surface area contributed by atoms with Gasteiger partial charge in [0.25, 0.3) is 11.7 Å². The van der Waals surface area contributed by atoms with Gasteiger partial charge < -0.3 is 4.90 Å². The van der Waals surface area contributed by atoms with Gasteiger partial charge in [0.15, 0.2) is 0 Å². The Balaban J connectivity index is 1.99. The van der Waals surface area contributed by atoms with Crippen LogP contribution in [0.4, 0.5) is 5.69 Å². The molecule has 0 unspecified atom stereocenters. The molecule has 2 aromatic carbocycles. The van der Waals surface area contributed by atoms with E-state index in [9.17, 15) is 9.59 Å². The van der Waals surface area contributed by atoms with Gasteiger partial charge in [-0.05, 0) is 31.5 Å². The molecule has 1 heterocycles. The van der Waals surface area contributed by atoms with Gasteiger partial charge in [0.05, 0.1) is 17.8 Å². The zero-order valence-electron chi connectivity index (χ0n) is 11.5. The van der Waals surface area contributed by atoms with Crippen molar-refractivity contribution in [1.29, 1.82) is 0 Å². The number of aryl methyl sites for hydroxylation is 2. The van der Waals surface area contributed by atoms with Crippen LogP contribution in [-0.2, 0) is 11.3 Å². The third-order valence-electron chi connectivity index (χ3n) is 3.50. The summed E-state index contributed by atoms with van der Waals surface area (Å²) in [7, 11) is 0. The lowest BCUT2D eigenvalue weighted by Gasteiger charge is -2.17. The van der Waals surface area contributed by atoms with E-state index in [1.807, 2.05) is 38.1 Å². The molecule has 0 aromatic heterocycles. The fraction of sp³-hybridized carbons (Fsp3) is 0.176. The molecule has 20 heavy (non-hydrogen) atoms. The van der Waals surface area contributed by atoms with Gasteiger partial charge in [-0.2, -0.15) is 0 Å². The summed E-state index contributed by atoms with van der Waals surface area (Å²) < 4.78 is 0. The number of ketones is 1. The summed E-state index contributed by atoms with van der Waals surface area (Å²) in [5, 5.41) is 0. The van der Waals surface area contributed by atoms with Crippen molar-refractivity contribution in [3.05, 3.63) is 64.7 Å². The van der Waals surface area contributed by atoms with Gasteiger partial charge in [-0.3, -0.25) is 9.59 Å². The fourth-order valence-electron chi connectivity index (χ4n) is 2.75. The Hall–Kier alpha value is -2.42. The van der Waals surface area contributed by atoms with Crippen LogP contribution < -0.4 is 4.90 Å². The molecule has 0 radical (unpaired) electrons. The first-order valence-corrected chi connectivity index (χ1v) is 6.58. The Morgan fingerprint density at radius 1 is 0.950 bits per heavy atom. The van der Waals surface area contributed by atoms with Crippen LogP contribution in [0.1, 0.15) is 27.0 Å². The first kappa shape index (κ1) is 12.6. The zero-order valence-corrected chi connectivity index (χ0v) is 11.5. The molecule has 0 atom stereocenters. The molecule has 3 rings (SSSR count). The average molecular weight is 265 g/mol. The van der Waals surface area contributed by atoms with E-state index in [-0.39, 0.29) is 0 Å². The van der Waals surface area contributed by atoms with E-state index in [1.165, 1.54) is 0 Å². The van der Waals surface area contributed by atoms with E-state index in [1.54, 1.807) is 17.0 Å². The minimum absolute atomic E-state index is 0.412. The predicted molar refractivity (Wildman–Crippen MR) is 77.9 cm³/mol. The van der Waals surface area contributed by atoms with E-state index < -0.39 is 11.7 Å². The van der Waals surface area contributed by atoms with Crippen LogP contribution in [0.15, 0.2) is 42.5 Å². The number of carbonyl (C=O) groups excluding carboxylic acids is 2. The number of amides is 1. The molecule has 0 bridgehead atoms. The number of benzene rings is 2. The number of hydrogen-bond acceptors (Lipinski definition) is 2. The Bertz CT molecular complexity index is 698. The Labute approximate surface area is 117 Å². The lowest BCUT2D eigenvalue weighted by molar-refractivity contribution is -0.114. The second kappa shape index (κ2) is 4.60. The van der Waals surface area contributed by atoms with Crippen molar-refractivity contribution in [3.8, 4) is 0 Å². The molecular weight excluding hydrogens is 250 g/mol. The third-order valence-corrected chi connectivity index (χ3v) is 3.50. The fourth-order valence-corrected chi connectivity index (χ4v) is 2.75. The summed E-state index contributed by atoms with van der Waals surface area (Å²) in [6.45, 7) is 4.49. The number of para-hydroxylation sites is 1. The molecule has 0 saturated heterocycles. The van der Waals surface area contributed by atoms with Crippen LogP contribution in [0, 0.1) is 13.8 Å². The van der Waals surface area contributed by atoms with Gasteiger partial charge in [0.2, 0.25) is 0 Å². The van der Waals surface area contributed by atoms with Crippen molar-refractivity contribution >= 4 is 17.4 Å². The van der Waals surface area contributed by atoms with Gasteiger partial charge in [0, 0.05) is 0 Å². The monoisotopic (exact) mass is 265 g/mol. The summed E-state index contributed by atoms with van der Waals surface area (Å²) in [4.78, 5) is 25.6. The van der Waals surface area contributed by atoms with Crippen molar-refractivity contribution in [2.45, 2.75) is 20.4 Å². The van der Waals surface area contributed by atoms with E-state index >= 15 is 0 Å². The Morgan fingerprint density at radius 2 is 1.60 bits per heavy atom. The van der Waals surface area contributed by atoms with Crippen molar-refractivity contribution < 1.29 is 9.59 Å². The van der Waals surface area contributed by atoms with Crippen molar-refractivity contribution in [1.82, 2.24) is 0 Å². The summed E-state index contributed by atoms with van der Waals surface area (Å²) in [6, 6.07) is 13.3. The predicted octanol–water partition coefficient (Wildman–Crippen LogP) is 3.03. The maximum atomic E-state index is 12.1. The van der Waals surface area contributed by atoms with Crippen LogP contribution >= 0.6 is 0 Å². The van der Waals surface area contributed by atoms with E-state index in [4.69, 9.17) is 0 Å². The van der Waals surface area contributed by atoms with Crippen LogP contribution in [-0.4, -0.2) is 11.7 Å². The van der Waals surface area contributed by atoms with E-state index in [0.717, 1.165) is 16.7 Å². The smallest absolute Gasteiger partial charge is 0.299 e. The van der Waals surface area contributed by atoms with Gasteiger partial charge in [-0.25, -0.2) is 0 Å². The van der Waals surface area contributed by atoms with Gasteiger partial charge in [0.1, 0.15) is 0 Å². The number of rotatable bonds is 2. The number of hydrogen-bond donors (Lipinski definition) is 0. The van der Waals surface area contributed by atoms with Gasteiger partial charge in [-0.15, -0.1) is 0 Å². The largest absolute Gasteiger partial charge is 0.300 e. The second-order valence-electron chi connectivity index (χ2n) is 5.23. The maximum absolute atomic E-state index is 12.1. The van der Waals surface area contributed by atoms with Crippen molar-refractivity contribution in [2.24, 2.45) is 0 Å². The molecule has 1 aliphatic heterocycles. The highest BCUT2D eigenvalue weighted by molar-refractivity contribution is 6.52. The first-order valence-electron chi connectivity index (χ1n) is 6.58. The molecule has 0 N–H and O–H groups in total. The molecule has 3 nitrogen and oxygen atoms in total. The highest BCUT2D eigenvalue weighted by Crippen LogP contribution is 2.30. The Morgan fingerprint density at radius 3 is 2.30 bits per heavy atom. The van der Waals surface area contributed by atoms with E-state index in [2.05, 4.69) is 6.07 Å². The molecule has 0 saturated carbocycles. The molecule has 0 aliphatic carbocycles. The average Bonchev–Trinajstić information content (AvgIpc) is 2.64. The molecule has 0 fully saturated rings. The molecule has 1 aliphatic rings. The number of anilines is 1. The number of Topliss-reactive ketones (excluding diaryl/α,β-unsaturated/α-hetero) is 1. The Kier molecular flexibility index (Phi) is 2.90. The molecule has 0 spiro atoms. The van der Waals surface area contributed by atoms with Crippen LogP contribution in [0.5, 0.6) is 0 Å². The number of nitrogens with zero attached hydrogens (tertiary/aromatic N) is 1. The quantitative estimate of drug-likeness (QED) is 0.783. The van der Waals surface area contributed by atoms with Gasteiger partial charge >= 0.3 is 0 Å². The first-order chi connectivity index (χ1) is 9.56. The third kappa shape index (κ3) is 2.01. The molecule has 2 aromatic rings. The molecule has 3 heteroatoms. The molecular formula is C17H15NO2. The lowest BCUT2D eigenvalue weighted by atomic mass is 10.1. The summed E-state index contributed by atoms with van der Waals surface area (Å²) in [6.07, 6.45) is 0. The van der Waals surface area contributed by atoms with Crippen LogP contribution in [0.3, 0.4) is 0 Å². The highest BCUT2D eigenvalue weighted by atomic mass is 16.2. The summed E-state index contributed by atoms with van der Waals surface area (Å²) in [5.74, 6) is -0.852. The molecule has 100 valence electrons. The topological polar surface area (TPSA) is 37.4 Å². The van der Waals surface area contributed by atoms with Crippen LogP contribution in [0.25, 0.3) is 0 Å². The zero-order chi connectivity index (χ0) is 14.3. The van der Waals surface area contributed by atoms with Gasteiger partial charge in [-0.1, -0.05) is 41.5 Å². The van der Waals surface area contributed by atoms with Crippen LogP contribution in [0.2, 0.25) is 0 Å². The van der Waals surface area contributed by atoms with E-state index in [0.29, 0.717) is 17.8 Å². The number of fused-ring (bicyclic) bond motifs is 1. The lowest BCUT2D eigenvalue weighted by Crippen LogP contribution is -2.29. The SMILES string of the molecule is Cc1cc(C)cc(CN2C(=O)C(=O)c3ccccc32)c1. The summed E-state index contributed by atoms with van der Waals surface area (Å²) in [5.41, 5.74) is 4.57. The van der Waals surface area contributed by atoms with Crippen molar-refractivity contribution in [2.75, 3.05) is 4.90 Å². The maximum Gasteiger partial charge on any atom is 0.299 e. The summed E-state index contributed by atoms with van der Waals surface area (Å²) >= 11 is 0. The van der Waals surface area contributed by atoms with Crippen molar-refractivity contribution in [3.63, 3.8) is 0 Å². The normalized spacial score (nSPS) is 13.8. The molecule has 1 amide bonds. The highest BCUT2D eigenvalue weighted by Gasteiger charge is 2.35. The minimum atomic E-state index is -0.439. The number of carbonyl (C=O) groups is 2. The standard InChI is InChI=1S/C17H15NO2/c1-11-7-12(2)9-13(8-11)10-18-15-6-4-3-5-14(15)16(19)17(18)20/h3-9H,10H2,1-2H3. The minimum Gasteiger partial charge on any atom is -0.300 e. The second-order valence-corrected chi connectivity index (χ2v) is 5.23.